The van der Waals surface area contributed by atoms with Crippen molar-refractivity contribution in [2.45, 2.75) is 65.1 Å². The Balaban J connectivity index is 0.000000520. The highest BCUT2D eigenvalue weighted by Gasteiger charge is 2.45. The standard InChI is InChI=1S/C20H20F6N8O.C4H7FO2.C2H6/c21-19(22,23)11-33-8-13(15(31-33)20(24,25)26)29-17(35)12-7-28-34-5-1-14(30-16(12)34)32-6-4-27-9-18(10-32)2-3-18;1-4(2,5)3(6)7;1-2/h1,5,7-8,27H,2-4,6,9-11H2,(H,29,35);1-2H3,(H,6,7);1-2H3. The minimum absolute atomic E-state index is 0.0893. The Labute approximate surface area is 247 Å². The van der Waals surface area contributed by atoms with Crippen LogP contribution in [0.4, 0.5) is 42.2 Å². The maximum absolute atomic E-state index is 13.4. The number of carbonyl (C=O) groups is 2. The SMILES string of the molecule is CC.CC(C)(F)C(=O)O.O=C(Nc1cn(CC(F)(F)F)nc1C(F)(F)F)c1cnn2ccc(N3CCNCC4(CC4)C3)nc12. The number of fused-ring (bicyclic) bond motifs is 1. The van der Waals surface area contributed by atoms with Crippen molar-refractivity contribution < 1.29 is 45.4 Å². The number of carboxylic acid groups (broad SMARTS) is 1. The van der Waals surface area contributed by atoms with Crippen LogP contribution in [-0.4, -0.2) is 79.4 Å². The number of hydrogen-bond donors (Lipinski definition) is 3. The molecule has 1 aliphatic heterocycles. The van der Waals surface area contributed by atoms with E-state index in [1.165, 1.54) is 4.52 Å². The van der Waals surface area contributed by atoms with Crippen LogP contribution in [0.25, 0.3) is 5.65 Å². The lowest BCUT2D eigenvalue weighted by atomic mass is 10.1. The Morgan fingerprint density at radius 1 is 1.11 bits per heavy atom. The molecular formula is C26H33F7N8O3. The fraction of sp³-hybridized carbons (Fsp3) is 0.577. The van der Waals surface area contributed by atoms with Crippen molar-refractivity contribution in [2.75, 3.05) is 36.4 Å². The molecule has 0 unspecified atom stereocenters. The molecule has 1 saturated carbocycles. The highest BCUT2D eigenvalue weighted by Crippen LogP contribution is 2.46. The van der Waals surface area contributed by atoms with Gasteiger partial charge in [-0.15, -0.1) is 0 Å². The zero-order valence-electron chi connectivity index (χ0n) is 24.4. The number of halogens is 7. The van der Waals surface area contributed by atoms with Gasteiger partial charge >= 0.3 is 18.3 Å². The average molecular weight is 639 g/mol. The van der Waals surface area contributed by atoms with Crippen molar-refractivity contribution in [1.82, 2.24) is 29.7 Å². The van der Waals surface area contributed by atoms with E-state index in [1.807, 2.05) is 19.2 Å². The molecule has 3 aromatic heterocycles. The smallest absolute Gasteiger partial charge is 0.437 e. The molecule has 11 nitrogen and oxygen atoms in total. The number of aromatic nitrogens is 5. The van der Waals surface area contributed by atoms with E-state index in [2.05, 4.69) is 25.4 Å². The molecule has 4 heterocycles. The second kappa shape index (κ2) is 13.0. The van der Waals surface area contributed by atoms with E-state index in [-0.39, 0.29) is 21.3 Å². The Hall–Kier alpha value is -3.96. The second-order valence-corrected chi connectivity index (χ2v) is 10.6. The zero-order chi connectivity index (χ0) is 33.1. The van der Waals surface area contributed by atoms with Gasteiger partial charge in [0.05, 0.1) is 11.9 Å². The maximum atomic E-state index is 13.4. The molecule has 18 heteroatoms. The molecular weight excluding hydrogens is 605 g/mol. The van der Waals surface area contributed by atoms with Crippen LogP contribution in [0.1, 0.15) is 56.6 Å². The van der Waals surface area contributed by atoms with Gasteiger partial charge in [0.15, 0.2) is 11.3 Å². The lowest BCUT2D eigenvalue weighted by Gasteiger charge is -2.24. The van der Waals surface area contributed by atoms with Crippen molar-refractivity contribution in [1.29, 1.82) is 0 Å². The van der Waals surface area contributed by atoms with Gasteiger partial charge in [-0.25, -0.2) is 18.7 Å². The molecule has 1 aliphatic carbocycles. The largest absolute Gasteiger partial charge is 0.479 e. The summed E-state index contributed by atoms with van der Waals surface area (Å²) in [5.41, 5.74) is -4.44. The number of aliphatic carboxylic acids is 1. The first-order valence-corrected chi connectivity index (χ1v) is 13.6. The topological polar surface area (TPSA) is 130 Å². The van der Waals surface area contributed by atoms with Gasteiger partial charge in [-0.3, -0.25) is 9.48 Å². The van der Waals surface area contributed by atoms with E-state index in [4.69, 9.17) is 5.11 Å². The van der Waals surface area contributed by atoms with E-state index >= 15 is 0 Å². The molecule has 44 heavy (non-hydrogen) atoms. The minimum atomic E-state index is -5.08. The van der Waals surface area contributed by atoms with Crippen LogP contribution in [0.15, 0.2) is 24.7 Å². The minimum Gasteiger partial charge on any atom is -0.479 e. The molecule has 3 aromatic rings. The third-order valence-electron chi connectivity index (χ3n) is 6.59. The first kappa shape index (κ1) is 34.5. The zero-order valence-corrected chi connectivity index (χ0v) is 24.4. The van der Waals surface area contributed by atoms with Crippen LogP contribution in [0, 0.1) is 5.41 Å². The van der Waals surface area contributed by atoms with Crippen LogP contribution in [0.2, 0.25) is 0 Å². The fourth-order valence-corrected chi connectivity index (χ4v) is 4.19. The van der Waals surface area contributed by atoms with Crippen molar-refractivity contribution in [3.05, 3.63) is 35.9 Å². The predicted octanol–water partition coefficient (Wildman–Crippen LogP) is 4.79. The van der Waals surface area contributed by atoms with E-state index in [0.717, 1.165) is 52.5 Å². The highest BCUT2D eigenvalue weighted by molar-refractivity contribution is 6.08. The van der Waals surface area contributed by atoms with Crippen LogP contribution in [-0.2, 0) is 17.5 Å². The van der Waals surface area contributed by atoms with Crippen molar-refractivity contribution >= 4 is 29.0 Å². The third kappa shape index (κ3) is 8.79. The van der Waals surface area contributed by atoms with Gasteiger partial charge in [-0.2, -0.15) is 36.5 Å². The first-order chi connectivity index (χ1) is 20.4. The number of nitrogens with one attached hydrogen (secondary N) is 2. The summed E-state index contributed by atoms with van der Waals surface area (Å²) < 4.78 is 91.3. The monoisotopic (exact) mass is 638 g/mol. The molecule has 0 radical (unpaired) electrons. The number of alkyl halides is 7. The number of carbonyl (C=O) groups excluding carboxylic acids is 1. The summed E-state index contributed by atoms with van der Waals surface area (Å²) in [5, 5.41) is 20.3. The summed E-state index contributed by atoms with van der Waals surface area (Å²) in [6.07, 6.45) is -4.44. The fourth-order valence-electron chi connectivity index (χ4n) is 4.19. The van der Waals surface area contributed by atoms with E-state index in [9.17, 15) is 40.3 Å². The quantitative estimate of drug-likeness (QED) is 0.340. The van der Waals surface area contributed by atoms with Crippen molar-refractivity contribution in [3.63, 3.8) is 0 Å². The number of hydrogen-bond acceptors (Lipinski definition) is 7. The number of carboxylic acids is 1. The Kier molecular flexibility index (Phi) is 10.2. The summed E-state index contributed by atoms with van der Waals surface area (Å²) in [7, 11) is 0. The molecule has 3 N–H and O–H groups in total. The molecule has 244 valence electrons. The summed E-state index contributed by atoms with van der Waals surface area (Å²) in [4.78, 5) is 29.1. The predicted molar refractivity (Wildman–Crippen MR) is 145 cm³/mol. The van der Waals surface area contributed by atoms with Gasteiger partial charge in [0, 0.05) is 44.0 Å². The number of amides is 1. The number of anilines is 2. The average Bonchev–Trinajstić information content (AvgIpc) is 3.44. The molecule has 0 bridgehead atoms. The Morgan fingerprint density at radius 3 is 2.30 bits per heavy atom. The van der Waals surface area contributed by atoms with E-state index in [0.29, 0.717) is 18.6 Å². The molecule has 2 aliphatic rings. The second-order valence-electron chi connectivity index (χ2n) is 10.6. The van der Waals surface area contributed by atoms with Crippen LogP contribution in [0.5, 0.6) is 0 Å². The van der Waals surface area contributed by atoms with Crippen LogP contribution in [0.3, 0.4) is 0 Å². The number of rotatable bonds is 5. The van der Waals surface area contributed by atoms with Crippen molar-refractivity contribution in [3.8, 4) is 0 Å². The van der Waals surface area contributed by atoms with Crippen molar-refractivity contribution in [2.24, 2.45) is 5.41 Å². The summed E-state index contributed by atoms with van der Waals surface area (Å²) in [6.45, 7) is 7.39. The third-order valence-corrected chi connectivity index (χ3v) is 6.59. The van der Waals surface area contributed by atoms with Gasteiger partial charge in [0.2, 0.25) is 5.67 Å². The summed E-state index contributed by atoms with van der Waals surface area (Å²) in [5.74, 6) is -1.83. The van der Waals surface area contributed by atoms with Gasteiger partial charge in [0.25, 0.3) is 5.91 Å². The van der Waals surface area contributed by atoms with Gasteiger partial charge in [-0.05, 0) is 32.8 Å². The van der Waals surface area contributed by atoms with Crippen LogP contribution >= 0.6 is 0 Å². The molecule has 2 fully saturated rings. The summed E-state index contributed by atoms with van der Waals surface area (Å²) >= 11 is 0. The van der Waals surface area contributed by atoms with Crippen LogP contribution < -0.4 is 15.5 Å². The molecule has 0 aromatic carbocycles. The maximum Gasteiger partial charge on any atom is 0.437 e. The normalized spacial score (nSPS) is 16.4. The van der Waals surface area contributed by atoms with E-state index < -0.39 is 47.8 Å². The molecule has 0 atom stereocenters. The molecule has 1 saturated heterocycles. The molecule has 5 rings (SSSR count). The van der Waals surface area contributed by atoms with Gasteiger partial charge in [0.1, 0.15) is 17.9 Å². The summed E-state index contributed by atoms with van der Waals surface area (Å²) in [6, 6.07) is 1.74. The molecule has 1 spiro atoms. The lowest BCUT2D eigenvalue weighted by Crippen LogP contribution is -2.31. The Morgan fingerprint density at radius 2 is 1.75 bits per heavy atom. The molecule has 1 amide bonds. The Bertz CT molecular complexity index is 1460. The number of nitrogens with zero attached hydrogens (tertiary/aromatic N) is 6. The van der Waals surface area contributed by atoms with Gasteiger partial charge < -0.3 is 20.6 Å². The van der Waals surface area contributed by atoms with E-state index in [1.54, 1.807) is 12.3 Å². The lowest BCUT2D eigenvalue weighted by molar-refractivity contribution is -0.148. The highest BCUT2D eigenvalue weighted by atomic mass is 19.4. The van der Waals surface area contributed by atoms with Gasteiger partial charge in [-0.1, -0.05) is 13.8 Å². The first-order valence-electron chi connectivity index (χ1n) is 13.6.